The molecular formula is C18H19Br2NO2. The lowest BCUT2D eigenvalue weighted by Gasteiger charge is -2.21. The summed E-state index contributed by atoms with van der Waals surface area (Å²) in [6, 6.07) is 7.26. The quantitative estimate of drug-likeness (QED) is 0.564. The van der Waals surface area contributed by atoms with Crippen molar-refractivity contribution in [2.45, 2.75) is 33.1 Å². The van der Waals surface area contributed by atoms with Crippen LogP contribution >= 0.6 is 31.9 Å². The topological polar surface area (TPSA) is 52.8 Å². The predicted molar refractivity (Wildman–Crippen MR) is 102 cm³/mol. The minimum absolute atomic E-state index is 0.160. The molecule has 2 rings (SSSR count). The molecule has 5 heteroatoms. The normalized spacial score (nSPS) is 12.1. The Balaban J connectivity index is 2.44. The number of aryl methyl sites for hydroxylation is 1. The zero-order valence-electron chi connectivity index (χ0n) is 13.5. The first-order valence-electron chi connectivity index (χ1n) is 7.16. The molecule has 0 fully saturated rings. The summed E-state index contributed by atoms with van der Waals surface area (Å²) in [7, 11) is 0. The van der Waals surface area contributed by atoms with E-state index in [1.54, 1.807) is 24.4 Å². The predicted octanol–water partition coefficient (Wildman–Crippen LogP) is 5.98. The van der Waals surface area contributed by atoms with Gasteiger partial charge in [-0.05, 0) is 79.6 Å². The first kappa shape index (κ1) is 18.0. The van der Waals surface area contributed by atoms with Crippen LogP contribution in [0.4, 0.5) is 5.69 Å². The molecule has 0 aliphatic carbocycles. The Morgan fingerprint density at radius 2 is 1.57 bits per heavy atom. The van der Waals surface area contributed by atoms with Gasteiger partial charge in [0.2, 0.25) is 0 Å². The summed E-state index contributed by atoms with van der Waals surface area (Å²) in [6.07, 6.45) is 1.74. The fourth-order valence-electron chi connectivity index (χ4n) is 2.22. The van der Waals surface area contributed by atoms with Crippen LogP contribution in [0.25, 0.3) is 0 Å². The van der Waals surface area contributed by atoms with Crippen molar-refractivity contribution in [1.29, 1.82) is 0 Å². The van der Waals surface area contributed by atoms with Crippen LogP contribution in [0.3, 0.4) is 0 Å². The summed E-state index contributed by atoms with van der Waals surface area (Å²) in [5, 5.41) is 19.9. The minimum Gasteiger partial charge on any atom is -0.508 e. The van der Waals surface area contributed by atoms with Crippen molar-refractivity contribution in [2.75, 3.05) is 0 Å². The van der Waals surface area contributed by atoms with E-state index in [1.165, 1.54) is 0 Å². The molecule has 2 aromatic rings. The number of aliphatic imine (C=N–C) groups is 1. The van der Waals surface area contributed by atoms with E-state index < -0.39 is 0 Å². The highest BCUT2D eigenvalue weighted by molar-refractivity contribution is 9.11. The van der Waals surface area contributed by atoms with Crippen LogP contribution in [0, 0.1) is 6.92 Å². The molecule has 2 aromatic carbocycles. The number of benzene rings is 2. The highest BCUT2D eigenvalue weighted by atomic mass is 79.9. The van der Waals surface area contributed by atoms with Gasteiger partial charge in [-0.25, -0.2) is 0 Å². The Bertz CT molecular complexity index is 754. The van der Waals surface area contributed by atoms with E-state index in [-0.39, 0.29) is 11.2 Å². The van der Waals surface area contributed by atoms with E-state index in [4.69, 9.17) is 0 Å². The number of hydrogen-bond acceptors (Lipinski definition) is 3. The zero-order valence-corrected chi connectivity index (χ0v) is 16.7. The number of halogens is 2. The van der Waals surface area contributed by atoms with Crippen LogP contribution in [0.15, 0.2) is 38.2 Å². The van der Waals surface area contributed by atoms with Crippen molar-refractivity contribution in [3.05, 3.63) is 49.9 Å². The van der Waals surface area contributed by atoms with Crippen molar-refractivity contribution in [3.63, 3.8) is 0 Å². The van der Waals surface area contributed by atoms with Crippen molar-refractivity contribution in [2.24, 2.45) is 4.99 Å². The van der Waals surface area contributed by atoms with Gasteiger partial charge in [0.15, 0.2) is 0 Å². The summed E-state index contributed by atoms with van der Waals surface area (Å²) >= 11 is 6.62. The molecule has 0 unspecified atom stereocenters. The number of phenolic OH excluding ortho intramolecular Hbond substituents is 2. The van der Waals surface area contributed by atoms with Gasteiger partial charge in [-0.3, -0.25) is 4.99 Å². The van der Waals surface area contributed by atoms with Gasteiger partial charge in [0, 0.05) is 11.8 Å². The van der Waals surface area contributed by atoms with Gasteiger partial charge in [0.1, 0.15) is 11.5 Å². The van der Waals surface area contributed by atoms with E-state index in [2.05, 4.69) is 57.6 Å². The summed E-state index contributed by atoms with van der Waals surface area (Å²) < 4.78 is 1.21. The van der Waals surface area contributed by atoms with Crippen LogP contribution in [-0.4, -0.2) is 16.4 Å². The molecule has 23 heavy (non-hydrogen) atoms. The van der Waals surface area contributed by atoms with Crippen molar-refractivity contribution >= 4 is 43.8 Å². The zero-order chi connectivity index (χ0) is 17.4. The van der Waals surface area contributed by atoms with E-state index >= 15 is 0 Å². The average Bonchev–Trinajstić information content (AvgIpc) is 2.42. The van der Waals surface area contributed by atoms with E-state index in [0.29, 0.717) is 14.7 Å². The van der Waals surface area contributed by atoms with Gasteiger partial charge in [-0.2, -0.15) is 0 Å². The molecule has 2 N–H and O–H groups in total. The second kappa shape index (κ2) is 6.65. The molecule has 3 nitrogen and oxygen atoms in total. The number of aromatic hydroxyl groups is 2. The van der Waals surface area contributed by atoms with Crippen LogP contribution in [-0.2, 0) is 5.41 Å². The Morgan fingerprint density at radius 1 is 1.00 bits per heavy atom. The van der Waals surface area contributed by atoms with Gasteiger partial charge in [-0.1, -0.05) is 20.8 Å². The van der Waals surface area contributed by atoms with Gasteiger partial charge >= 0.3 is 0 Å². The molecule has 0 aromatic heterocycles. The van der Waals surface area contributed by atoms with Crippen molar-refractivity contribution in [1.82, 2.24) is 0 Å². The van der Waals surface area contributed by atoms with Gasteiger partial charge in [0.05, 0.1) is 14.6 Å². The molecule has 0 saturated carbocycles. The molecule has 0 heterocycles. The third-order valence-corrected chi connectivity index (χ3v) is 4.72. The molecule has 122 valence electrons. The fraction of sp³-hybridized carbons (Fsp3) is 0.278. The molecule has 0 spiro atoms. The Hall–Kier alpha value is -1.33. The molecule has 0 aliphatic heterocycles. The largest absolute Gasteiger partial charge is 0.508 e. The second-order valence-electron chi connectivity index (χ2n) is 6.50. The summed E-state index contributed by atoms with van der Waals surface area (Å²) in [5.41, 5.74) is 3.28. The minimum atomic E-state index is -0.160. The maximum Gasteiger partial charge on any atom is 0.143 e. The highest BCUT2D eigenvalue weighted by Gasteiger charge is 2.19. The standard InChI is InChI=1S/C18H19Br2NO2/c1-10-5-16(22)12(18(2,3)4)8-15(10)21-9-11-6-13(19)17(23)14(20)7-11/h5-9,22-23H,1-4H3. The van der Waals surface area contributed by atoms with Gasteiger partial charge in [-0.15, -0.1) is 0 Å². The molecule has 0 amide bonds. The van der Waals surface area contributed by atoms with Crippen molar-refractivity contribution in [3.8, 4) is 11.5 Å². The molecular weight excluding hydrogens is 422 g/mol. The second-order valence-corrected chi connectivity index (χ2v) is 8.21. The highest BCUT2D eigenvalue weighted by Crippen LogP contribution is 2.36. The third kappa shape index (κ3) is 4.15. The number of phenols is 2. The first-order valence-corrected chi connectivity index (χ1v) is 8.74. The molecule has 0 bridgehead atoms. The molecule has 0 aliphatic rings. The average molecular weight is 441 g/mol. The van der Waals surface area contributed by atoms with Crippen LogP contribution in [0.2, 0.25) is 0 Å². The fourth-order valence-corrected chi connectivity index (χ4v) is 3.45. The monoisotopic (exact) mass is 439 g/mol. The van der Waals surface area contributed by atoms with E-state index in [9.17, 15) is 10.2 Å². The van der Waals surface area contributed by atoms with E-state index in [0.717, 1.165) is 22.4 Å². The van der Waals surface area contributed by atoms with E-state index in [1.807, 2.05) is 13.0 Å². The number of rotatable bonds is 2. The van der Waals surface area contributed by atoms with Gasteiger partial charge < -0.3 is 10.2 Å². The SMILES string of the molecule is Cc1cc(O)c(C(C)(C)C)cc1N=Cc1cc(Br)c(O)c(Br)c1. The van der Waals surface area contributed by atoms with Crippen LogP contribution < -0.4 is 0 Å². The number of nitrogens with zero attached hydrogens (tertiary/aromatic N) is 1. The first-order chi connectivity index (χ1) is 10.6. The molecule has 0 radical (unpaired) electrons. The Morgan fingerprint density at radius 3 is 2.09 bits per heavy atom. The lowest BCUT2D eigenvalue weighted by molar-refractivity contribution is 0.446. The maximum absolute atomic E-state index is 10.1. The third-order valence-electron chi connectivity index (χ3n) is 3.51. The van der Waals surface area contributed by atoms with Crippen LogP contribution in [0.1, 0.15) is 37.5 Å². The number of hydrogen-bond donors (Lipinski definition) is 2. The summed E-state index contributed by atoms with van der Waals surface area (Å²) in [5.74, 6) is 0.460. The maximum atomic E-state index is 10.1. The molecule has 0 atom stereocenters. The van der Waals surface area contributed by atoms with Gasteiger partial charge in [0.25, 0.3) is 0 Å². The summed E-state index contributed by atoms with van der Waals surface area (Å²) in [6.45, 7) is 8.08. The Kier molecular flexibility index (Phi) is 5.21. The Labute approximate surface area is 153 Å². The summed E-state index contributed by atoms with van der Waals surface area (Å²) in [4.78, 5) is 4.54. The smallest absolute Gasteiger partial charge is 0.143 e. The molecule has 0 saturated heterocycles. The lowest BCUT2D eigenvalue weighted by atomic mass is 9.85. The van der Waals surface area contributed by atoms with Crippen LogP contribution in [0.5, 0.6) is 11.5 Å². The van der Waals surface area contributed by atoms with Crippen molar-refractivity contribution < 1.29 is 10.2 Å². The lowest BCUT2D eigenvalue weighted by Crippen LogP contribution is -2.11.